The molecule has 0 fully saturated rings. The van der Waals surface area contributed by atoms with Crippen LogP contribution in [0.4, 0.5) is 4.79 Å². The molecule has 0 radical (unpaired) electrons. The number of carboxylic acid groups (broad SMARTS) is 1. The van der Waals surface area contributed by atoms with E-state index in [-0.39, 0.29) is 19.0 Å². The van der Waals surface area contributed by atoms with Crippen molar-refractivity contribution in [3.8, 4) is 0 Å². The van der Waals surface area contributed by atoms with Crippen LogP contribution >= 0.6 is 0 Å². The number of carbonyl (C=O) groups excluding carboxylic acids is 2. The second-order valence-electron chi connectivity index (χ2n) is 3.48. The van der Waals surface area contributed by atoms with Crippen molar-refractivity contribution < 1.29 is 24.2 Å². The van der Waals surface area contributed by atoms with Gasteiger partial charge in [-0.3, -0.25) is 4.79 Å². The molecule has 4 N–H and O–H groups in total. The number of hydrogen-bond donors (Lipinski definition) is 4. The third-order valence-corrected chi connectivity index (χ3v) is 1.99. The molecular formula is C10H19N3O5. The zero-order valence-electron chi connectivity index (χ0n) is 10.5. The second-order valence-corrected chi connectivity index (χ2v) is 3.48. The van der Waals surface area contributed by atoms with Crippen LogP contribution in [0.1, 0.15) is 13.3 Å². The van der Waals surface area contributed by atoms with Crippen LogP contribution in [0.15, 0.2) is 0 Å². The normalized spacial score (nSPS) is 11.4. The van der Waals surface area contributed by atoms with E-state index >= 15 is 0 Å². The van der Waals surface area contributed by atoms with Crippen molar-refractivity contribution in [1.29, 1.82) is 0 Å². The predicted octanol–water partition coefficient (Wildman–Crippen LogP) is -1.09. The molecule has 0 aromatic rings. The van der Waals surface area contributed by atoms with E-state index in [1.165, 1.54) is 7.11 Å². The third-order valence-electron chi connectivity index (χ3n) is 1.99. The lowest BCUT2D eigenvalue weighted by Crippen LogP contribution is -2.45. The molecule has 1 atom stereocenters. The van der Waals surface area contributed by atoms with Crippen molar-refractivity contribution in [1.82, 2.24) is 16.0 Å². The number of rotatable bonds is 8. The summed E-state index contributed by atoms with van der Waals surface area (Å²) in [6, 6.07) is -0.620. The molecule has 0 heterocycles. The molecular weight excluding hydrogens is 242 g/mol. The highest BCUT2D eigenvalue weighted by atomic mass is 16.5. The van der Waals surface area contributed by atoms with Crippen LogP contribution in [0.25, 0.3) is 0 Å². The van der Waals surface area contributed by atoms with Gasteiger partial charge in [0, 0.05) is 13.7 Å². The highest BCUT2D eigenvalue weighted by Crippen LogP contribution is 1.87. The van der Waals surface area contributed by atoms with Gasteiger partial charge in [-0.1, -0.05) is 6.92 Å². The fourth-order valence-corrected chi connectivity index (χ4v) is 1.01. The number of methoxy groups -OCH3 is 1. The van der Waals surface area contributed by atoms with Crippen molar-refractivity contribution in [3.05, 3.63) is 0 Å². The summed E-state index contributed by atoms with van der Waals surface area (Å²) in [7, 11) is 1.23. The smallest absolute Gasteiger partial charge is 0.334 e. The van der Waals surface area contributed by atoms with Crippen LogP contribution in [0, 0.1) is 0 Å². The standard InChI is InChI=1S/C10H19N3O5/c1-3-4-11-8(14)6-13-10(17)12-5-7(18-2)9(15)16/h7H,3-6H2,1-2H3,(H,11,14)(H,15,16)(H2,12,13,17). The molecule has 3 amide bonds. The summed E-state index contributed by atoms with van der Waals surface area (Å²) in [6.45, 7) is 2.13. The van der Waals surface area contributed by atoms with Crippen molar-refractivity contribution in [2.24, 2.45) is 0 Å². The van der Waals surface area contributed by atoms with Gasteiger partial charge in [0.1, 0.15) is 0 Å². The first-order valence-electron chi connectivity index (χ1n) is 5.55. The minimum absolute atomic E-state index is 0.156. The SMILES string of the molecule is CCCNC(=O)CNC(=O)NCC(OC)C(=O)O. The molecule has 0 bridgehead atoms. The summed E-state index contributed by atoms with van der Waals surface area (Å²) in [5, 5.41) is 15.8. The molecule has 8 heteroatoms. The molecule has 0 saturated carbocycles. The Kier molecular flexibility index (Phi) is 8.29. The van der Waals surface area contributed by atoms with E-state index in [0.29, 0.717) is 6.54 Å². The van der Waals surface area contributed by atoms with Gasteiger partial charge in [0.2, 0.25) is 5.91 Å². The molecule has 0 aliphatic rings. The largest absolute Gasteiger partial charge is 0.479 e. The fraction of sp³-hybridized carbons (Fsp3) is 0.700. The van der Waals surface area contributed by atoms with E-state index in [2.05, 4.69) is 20.7 Å². The van der Waals surface area contributed by atoms with Gasteiger partial charge in [-0.05, 0) is 6.42 Å². The number of aliphatic carboxylic acids is 1. The lowest BCUT2D eigenvalue weighted by molar-refractivity contribution is -0.148. The maximum atomic E-state index is 11.2. The topological polar surface area (TPSA) is 117 Å². The van der Waals surface area contributed by atoms with Crippen LogP contribution in [0.2, 0.25) is 0 Å². The fourth-order valence-electron chi connectivity index (χ4n) is 1.01. The van der Waals surface area contributed by atoms with Crippen molar-refractivity contribution >= 4 is 17.9 Å². The number of nitrogens with one attached hydrogen (secondary N) is 3. The minimum Gasteiger partial charge on any atom is -0.479 e. The predicted molar refractivity (Wildman–Crippen MR) is 63.1 cm³/mol. The minimum atomic E-state index is -1.17. The van der Waals surface area contributed by atoms with Crippen LogP contribution < -0.4 is 16.0 Å². The number of carbonyl (C=O) groups is 3. The first kappa shape index (κ1) is 16.2. The molecule has 0 aliphatic carbocycles. The monoisotopic (exact) mass is 261 g/mol. The van der Waals surface area contributed by atoms with Crippen molar-refractivity contribution in [2.75, 3.05) is 26.7 Å². The summed E-state index contributed by atoms with van der Waals surface area (Å²) < 4.78 is 4.62. The zero-order chi connectivity index (χ0) is 14.0. The lowest BCUT2D eigenvalue weighted by atomic mass is 10.3. The average Bonchev–Trinajstić information content (AvgIpc) is 2.34. The van der Waals surface area contributed by atoms with E-state index in [1.807, 2.05) is 6.92 Å². The molecule has 18 heavy (non-hydrogen) atoms. The lowest BCUT2D eigenvalue weighted by Gasteiger charge is -2.12. The number of carboxylic acids is 1. The Hall–Kier alpha value is -1.83. The van der Waals surface area contributed by atoms with Crippen LogP contribution in [-0.4, -0.2) is 55.9 Å². The second kappa shape index (κ2) is 9.23. The van der Waals surface area contributed by atoms with Crippen LogP contribution in [0.5, 0.6) is 0 Å². The summed E-state index contributed by atoms with van der Waals surface area (Å²) in [5.41, 5.74) is 0. The quantitative estimate of drug-likeness (QED) is 0.443. The Morgan fingerprint density at radius 3 is 2.39 bits per heavy atom. The van der Waals surface area contributed by atoms with Gasteiger partial charge in [0.25, 0.3) is 0 Å². The molecule has 0 aliphatic heterocycles. The van der Waals surface area contributed by atoms with E-state index in [0.717, 1.165) is 6.42 Å². The van der Waals surface area contributed by atoms with Gasteiger partial charge in [-0.2, -0.15) is 0 Å². The molecule has 0 aromatic carbocycles. The number of amides is 3. The van der Waals surface area contributed by atoms with E-state index in [4.69, 9.17) is 5.11 Å². The highest BCUT2D eigenvalue weighted by Gasteiger charge is 2.17. The van der Waals surface area contributed by atoms with E-state index < -0.39 is 18.1 Å². The average molecular weight is 261 g/mol. The molecule has 104 valence electrons. The van der Waals surface area contributed by atoms with Gasteiger partial charge in [0.15, 0.2) is 6.10 Å². The van der Waals surface area contributed by atoms with Gasteiger partial charge in [-0.15, -0.1) is 0 Å². The zero-order valence-corrected chi connectivity index (χ0v) is 10.5. The van der Waals surface area contributed by atoms with Crippen molar-refractivity contribution in [2.45, 2.75) is 19.4 Å². The van der Waals surface area contributed by atoms with Gasteiger partial charge in [-0.25, -0.2) is 9.59 Å². The molecule has 1 unspecified atom stereocenters. The maximum Gasteiger partial charge on any atom is 0.334 e. The maximum absolute atomic E-state index is 11.2. The van der Waals surface area contributed by atoms with E-state index in [1.54, 1.807) is 0 Å². The van der Waals surface area contributed by atoms with E-state index in [9.17, 15) is 14.4 Å². The third kappa shape index (κ3) is 7.44. The van der Waals surface area contributed by atoms with Gasteiger partial charge in [0.05, 0.1) is 13.1 Å². The summed E-state index contributed by atoms with van der Waals surface area (Å²) in [4.78, 5) is 32.9. The Balaban J connectivity index is 3.77. The van der Waals surface area contributed by atoms with Crippen LogP contribution in [-0.2, 0) is 14.3 Å². The van der Waals surface area contributed by atoms with Gasteiger partial charge < -0.3 is 25.8 Å². The summed E-state index contributed by atoms with van der Waals surface area (Å²) >= 11 is 0. The molecule has 0 saturated heterocycles. The molecule has 0 rings (SSSR count). The van der Waals surface area contributed by atoms with Gasteiger partial charge >= 0.3 is 12.0 Å². The molecule has 0 aromatic heterocycles. The van der Waals surface area contributed by atoms with Crippen molar-refractivity contribution in [3.63, 3.8) is 0 Å². The Morgan fingerprint density at radius 2 is 1.89 bits per heavy atom. The van der Waals surface area contributed by atoms with Crippen LogP contribution in [0.3, 0.4) is 0 Å². The Labute approximate surface area is 105 Å². The molecule has 0 spiro atoms. The first-order valence-corrected chi connectivity index (χ1v) is 5.55. The number of hydrogen-bond acceptors (Lipinski definition) is 4. The number of ether oxygens (including phenoxy) is 1. The number of urea groups is 1. The highest BCUT2D eigenvalue weighted by molar-refractivity contribution is 5.84. The Bertz CT molecular complexity index is 295. The summed E-state index contributed by atoms with van der Waals surface area (Å²) in [6.07, 6.45) is -0.295. The first-order chi connectivity index (χ1) is 8.51. The summed E-state index contributed by atoms with van der Waals surface area (Å²) in [5.74, 6) is -1.47. The Morgan fingerprint density at radius 1 is 1.22 bits per heavy atom. The molecule has 8 nitrogen and oxygen atoms in total.